The minimum absolute atomic E-state index is 0.0420. The van der Waals surface area contributed by atoms with Crippen LogP contribution in [0.25, 0.3) is 16.6 Å². The topological polar surface area (TPSA) is 89.9 Å². The van der Waals surface area contributed by atoms with Gasteiger partial charge in [-0.25, -0.2) is 9.59 Å². The molecule has 0 atom stereocenters. The third-order valence-electron chi connectivity index (χ3n) is 7.10. The van der Waals surface area contributed by atoms with E-state index in [-0.39, 0.29) is 17.5 Å². The largest absolute Gasteiger partial charge is 0.465 e. The number of hydrogen-bond acceptors (Lipinski definition) is 5. The summed E-state index contributed by atoms with van der Waals surface area (Å²) in [5.41, 5.74) is 4.07. The van der Waals surface area contributed by atoms with Crippen LogP contribution in [0.2, 0.25) is 0 Å². The van der Waals surface area contributed by atoms with Crippen molar-refractivity contribution in [2.45, 2.75) is 71.4 Å². The van der Waals surface area contributed by atoms with Crippen molar-refractivity contribution < 1.29 is 23.9 Å². The van der Waals surface area contributed by atoms with Crippen molar-refractivity contribution in [3.63, 3.8) is 0 Å². The number of likely N-dealkylation sites (N-methyl/N-ethyl adjacent to an activating group) is 1. The first-order valence-electron chi connectivity index (χ1n) is 13.6. The molecule has 0 saturated heterocycles. The number of nitrogens with zero attached hydrogens (tertiary/aromatic N) is 2. The van der Waals surface area contributed by atoms with Crippen molar-refractivity contribution in [2.24, 2.45) is 0 Å². The zero-order valence-corrected chi connectivity index (χ0v) is 24.0. The maximum Gasteiger partial charge on any atom is 0.408 e. The number of benzene rings is 2. The van der Waals surface area contributed by atoms with Crippen molar-refractivity contribution in [3.05, 3.63) is 64.8 Å². The first kappa shape index (κ1) is 28.2. The third-order valence-corrected chi connectivity index (χ3v) is 7.10. The number of aromatic nitrogens is 1. The fourth-order valence-electron chi connectivity index (χ4n) is 5.08. The van der Waals surface area contributed by atoms with Gasteiger partial charge in [0.1, 0.15) is 11.3 Å². The molecule has 1 aliphatic carbocycles. The van der Waals surface area contributed by atoms with Crippen LogP contribution in [0.4, 0.5) is 4.79 Å². The summed E-state index contributed by atoms with van der Waals surface area (Å²) in [5, 5.41) is 3.95. The number of amides is 2. The number of nitrogens with one attached hydrogen (secondary N) is 1. The van der Waals surface area contributed by atoms with Crippen LogP contribution < -0.4 is 5.32 Å². The van der Waals surface area contributed by atoms with Gasteiger partial charge in [0.05, 0.1) is 18.2 Å². The van der Waals surface area contributed by atoms with E-state index in [1.54, 1.807) is 11.0 Å². The second-order valence-corrected chi connectivity index (χ2v) is 11.1. The van der Waals surface area contributed by atoms with Crippen molar-refractivity contribution in [2.75, 3.05) is 20.7 Å². The lowest BCUT2D eigenvalue weighted by atomic mass is 10.0. The molecule has 2 amide bonds. The van der Waals surface area contributed by atoms with Gasteiger partial charge in [0.15, 0.2) is 0 Å². The summed E-state index contributed by atoms with van der Waals surface area (Å²) in [6.07, 6.45) is 2.85. The maximum atomic E-state index is 13.3. The molecule has 0 bridgehead atoms. The van der Waals surface area contributed by atoms with Crippen LogP contribution in [-0.4, -0.2) is 59.3 Å². The van der Waals surface area contributed by atoms with E-state index in [0.29, 0.717) is 30.6 Å². The molecular weight excluding hydrogens is 494 g/mol. The van der Waals surface area contributed by atoms with E-state index in [4.69, 9.17) is 9.47 Å². The summed E-state index contributed by atoms with van der Waals surface area (Å²) < 4.78 is 12.3. The molecule has 2 aliphatic rings. The third kappa shape index (κ3) is 5.79. The van der Waals surface area contributed by atoms with Gasteiger partial charge in [-0.15, -0.1) is 0 Å². The Kier molecular flexibility index (Phi) is 7.77. The highest BCUT2D eigenvalue weighted by molar-refractivity contribution is 6.05. The lowest BCUT2D eigenvalue weighted by molar-refractivity contribution is 0.0495. The molecule has 3 aromatic rings. The molecule has 5 rings (SSSR count). The lowest BCUT2D eigenvalue weighted by Gasteiger charge is -2.24. The van der Waals surface area contributed by atoms with Gasteiger partial charge in [0.2, 0.25) is 0 Å². The Morgan fingerprint density at radius 2 is 1.72 bits per heavy atom. The molecule has 1 N–H and O–H groups in total. The molecule has 208 valence electrons. The summed E-state index contributed by atoms with van der Waals surface area (Å²) in [6, 6.07) is 13.5. The lowest BCUT2D eigenvalue weighted by Crippen LogP contribution is -2.41. The smallest absolute Gasteiger partial charge is 0.408 e. The normalized spacial score (nSPS) is 15.7. The molecule has 8 nitrogen and oxygen atoms in total. The Morgan fingerprint density at radius 3 is 2.31 bits per heavy atom. The average Bonchev–Trinajstić information content (AvgIpc) is 3.56. The second-order valence-electron chi connectivity index (χ2n) is 11.1. The Morgan fingerprint density at radius 1 is 1.05 bits per heavy atom. The predicted octanol–water partition coefficient (Wildman–Crippen LogP) is 5.67. The zero-order valence-electron chi connectivity index (χ0n) is 24.0. The molecule has 1 saturated carbocycles. The zero-order chi connectivity index (χ0) is 28.5. The van der Waals surface area contributed by atoms with Crippen LogP contribution in [0.1, 0.15) is 79.4 Å². The molecule has 1 aromatic heterocycles. The Bertz CT molecular complexity index is 1390. The van der Waals surface area contributed by atoms with Crippen molar-refractivity contribution in [3.8, 4) is 5.69 Å². The summed E-state index contributed by atoms with van der Waals surface area (Å²) in [7, 11) is 3.17. The summed E-state index contributed by atoms with van der Waals surface area (Å²) >= 11 is 0. The van der Waals surface area contributed by atoms with Gasteiger partial charge in [-0.2, -0.15) is 0 Å². The van der Waals surface area contributed by atoms with Gasteiger partial charge in [-0.05, 0) is 87.9 Å². The molecule has 0 spiro atoms. The van der Waals surface area contributed by atoms with Crippen molar-refractivity contribution in [1.29, 1.82) is 0 Å². The number of carbonyl (C=O) groups excluding carboxylic acids is 3. The van der Waals surface area contributed by atoms with Crippen LogP contribution in [0.3, 0.4) is 0 Å². The van der Waals surface area contributed by atoms with Gasteiger partial charge >= 0.3 is 12.1 Å². The SMILES string of the molecule is CC.COC(=O)c1ccc2c(c1)c1c(n2-c2ccc(CC3(NC(=O)OC(C)(C)C)CC3)cc2)C(=O)N(C)CC1. The molecular formula is C31H39N3O5. The number of carbonyl (C=O) groups is 3. The molecule has 0 radical (unpaired) electrons. The summed E-state index contributed by atoms with van der Waals surface area (Å²) in [4.78, 5) is 39.5. The molecule has 0 unspecified atom stereocenters. The van der Waals surface area contributed by atoms with E-state index in [0.717, 1.165) is 40.6 Å². The van der Waals surface area contributed by atoms with E-state index in [2.05, 4.69) is 5.32 Å². The van der Waals surface area contributed by atoms with E-state index >= 15 is 0 Å². The molecule has 2 heterocycles. The summed E-state index contributed by atoms with van der Waals surface area (Å²) in [5.74, 6) is -0.444. The summed E-state index contributed by atoms with van der Waals surface area (Å²) in [6.45, 7) is 10.2. The minimum Gasteiger partial charge on any atom is -0.465 e. The first-order chi connectivity index (χ1) is 18.5. The predicted molar refractivity (Wildman–Crippen MR) is 152 cm³/mol. The molecule has 2 aromatic carbocycles. The quantitative estimate of drug-likeness (QED) is 0.427. The molecule has 8 heteroatoms. The second kappa shape index (κ2) is 10.8. The Balaban J connectivity index is 0.00000172. The van der Waals surface area contributed by atoms with Gasteiger partial charge in [0.25, 0.3) is 5.91 Å². The van der Waals surface area contributed by atoms with Gasteiger partial charge in [0, 0.05) is 30.2 Å². The fraction of sp³-hybridized carbons (Fsp3) is 0.452. The number of hydrogen-bond donors (Lipinski definition) is 1. The Hall–Kier alpha value is -3.81. The fourth-order valence-corrected chi connectivity index (χ4v) is 5.08. The van der Waals surface area contributed by atoms with Gasteiger partial charge < -0.3 is 24.3 Å². The minimum atomic E-state index is -0.538. The monoisotopic (exact) mass is 533 g/mol. The van der Waals surface area contributed by atoms with E-state index in [9.17, 15) is 14.4 Å². The highest BCUT2D eigenvalue weighted by Gasteiger charge is 2.45. The molecule has 39 heavy (non-hydrogen) atoms. The number of ether oxygens (including phenoxy) is 2. The number of fused-ring (bicyclic) bond motifs is 3. The van der Waals surface area contributed by atoms with E-state index in [1.807, 2.05) is 82.6 Å². The highest BCUT2D eigenvalue weighted by Crippen LogP contribution is 2.39. The molecule has 1 aliphatic heterocycles. The van der Waals surface area contributed by atoms with Crippen molar-refractivity contribution in [1.82, 2.24) is 14.8 Å². The van der Waals surface area contributed by atoms with Crippen LogP contribution in [0, 0.1) is 0 Å². The number of methoxy groups -OCH3 is 1. The Labute approximate surface area is 230 Å². The van der Waals surface area contributed by atoms with Crippen LogP contribution in [0.15, 0.2) is 42.5 Å². The van der Waals surface area contributed by atoms with E-state index in [1.165, 1.54) is 7.11 Å². The first-order valence-corrected chi connectivity index (χ1v) is 13.6. The maximum absolute atomic E-state index is 13.3. The standard InChI is InChI=1S/C29H33N3O5.C2H6/c1-28(2,3)37-27(35)30-29(13-14-29)17-18-6-9-20(10-7-18)32-23-11-8-19(26(34)36-5)16-22(23)21-12-15-31(4)25(33)24(21)32;1-2/h6-11,16H,12-15,17H2,1-5H3,(H,30,35);1-2H3. The van der Waals surface area contributed by atoms with Gasteiger partial charge in [-0.3, -0.25) is 4.79 Å². The van der Waals surface area contributed by atoms with Crippen LogP contribution in [-0.2, 0) is 22.3 Å². The highest BCUT2D eigenvalue weighted by atomic mass is 16.6. The van der Waals surface area contributed by atoms with Crippen molar-refractivity contribution >= 4 is 28.9 Å². The van der Waals surface area contributed by atoms with Crippen LogP contribution >= 0.6 is 0 Å². The average molecular weight is 534 g/mol. The van der Waals surface area contributed by atoms with Crippen LogP contribution in [0.5, 0.6) is 0 Å². The number of alkyl carbamates (subject to hydrolysis) is 1. The molecule has 1 fully saturated rings. The van der Waals surface area contributed by atoms with E-state index < -0.39 is 11.6 Å². The number of esters is 1. The van der Waals surface area contributed by atoms with Gasteiger partial charge in [-0.1, -0.05) is 26.0 Å². The number of rotatable bonds is 5.